The van der Waals surface area contributed by atoms with Crippen molar-refractivity contribution in [1.82, 2.24) is 9.55 Å². The van der Waals surface area contributed by atoms with Crippen molar-refractivity contribution in [3.8, 4) is 0 Å². The Bertz CT molecular complexity index is 377. The van der Waals surface area contributed by atoms with E-state index in [4.69, 9.17) is 11.5 Å². The minimum absolute atomic E-state index is 0.483. The van der Waals surface area contributed by atoms with Crippen LogP contribution in [0.1, 0.15) is 12.2 Å². The summed E-state index contributed by atoms with van der Waals surface area (Å²) in [7, 11) is 0. The normalized spacial score (nSPS) is 12.8. The molecule has 0 bridgehead atoms. The molecule has 1 unspecified atom stereocenters. The van der Waals surface area contributed by atoms with Crippen molar-refractivity contribution >= 4 is 37.8 Å². The average molecular weight is 340 g/mol. The highest BCUT2D eigenvalue weighted by molar-refractivity contribution is 9.13. The molecule has 1 aromatic heterocycles. The molecular weight excluding hydrogens is 328 g/mol. The first-order valence-corrected chi connectivity index (χ1v) is 5.95. The van der Waals surface area contributed by atoms with Crippen molar-refractivity contribution in [2.24, 2.45) is 11.5 Å². The first kappa shape index (κ1) is 12.7. The quantitative estimate of drug-likeness (QED) is 0.855. The molecule has 4 N–H and O–H groups in total. The molecule has 15 heavy (non-hydrogen) atoms. The maximum atomic E-state index is 10.7. The summed E-state index contributed by atoms with van der Waals surface area (Å²) in [6, 6.07) is -0.613. The van der Waals surface area contributed by atoms with E-state index in [1.807, 2.05) is 11.5 Å². The monoisotopic (exact) mass is 338 g/mol. The van der Waals surface area contributed by atoms with Crippen LogP contribution < -0.4 is 11.5 Å². The molecule has 0 saturated carbocycles. The number of carbonyl (C=O) groups is 1. The highest BCUT2D eigenvalue weighted by Crippen LogP contribution is 2.23. The number of rotatable bonds is 4. The summed E-state index contributed by atoms with van der Waals surface area (Å²) in [5, 5.41) is 0. The molecule has 0 aliphatic carbocycles. The number of hydrogen-bond donors (Lipinski definition) is 2. The van der Waals surface area contributed by atoms with E-state index in [1.165, 1.54) is 0 Å². The molecule has 0 fully saturated rings. The smallest absolute Gasteiger partial charge is 0.234 e. The van der Waals surface area contributed by atoms with Crippen LogP contribution in [0, 0.1) is 6.92 Å². The molecule has 1 amide bonds. The number of carbonyl (C=O) groups excluding carboxylic acids is 1. The van der Waals surface area contributed by atoms with E-state index in [9.17, 15) is 4.79 Å². The van der Waals surface area contributed by atoms with Crippen LogP contribution in [0.15, 0.2) is 9.21 Å². The molecule has 0 saturated heterocycles. The van der Waals surface area contributed by atoms with Crippen molar-refractivity contribution in [2.75, 3.05) is 0 Å². The van der Waals surface area contributed by atoms with Gasteiger partial charge in [0.2, 0.25) is 5.91 Å². The van der Waals surface area contributed by atoms with E-state index >= 15 is 0 Å². The van der Waals surface area contributed by atoms with E-state index in [0.29, 0.717) is 13.0 Å². The predicted molar refractivity (Wildman–Crippen MR) is 64.2 cm³/mol. The molecule has 0 aliphatic heterocycles. The van der Waals surface area contributed by atoms with E-state index in [1.54, 1.807) is 0 Å². The minimum Gasteiger partial charge on any atom is -0.368 e. The van der Waals surface area contributed by atoms with Gasteiger partial charge < -0.3 is 16.0 Å². The molecule has 1 rings (SSSR count). The second kappa shape index (κ2) is 5.09. The maximum Gasteiger partial charge on any atom is 0.234 e. The Morgan fingerprint density at radius 2 is 2.20 bits per heavy atom. The number of aryl methyl sites for hydroxylation is 1. The van der Waals surface area contributed by atoms with Gasteiger partial charge in [-0.25, -0.2) is 4.98 Å². The van der Waals surface area contributed by atoms with Crippen LogP contribution in [0.2, 0.25) is 0 Å². The third-order valence-corrected chi connectivity index (χ3v) is 3.98. The minimum atomic E-state index is -0.613. The fraction of sp³-hybridized carbons (Fsp3) is 0.500. The molecule has 5 nitrogen and oxygen atoms in total. The molecule has 1 atom stereocenters. The first-order chi connectivity index (χ1) is 6.93. The molecular formula is C8H12Br2N4O. The zero-order valence-corrected chi connectivity index (χ0v) is 11.4. The van der Waals surface area contributed by atoms with E-state index in [-0.39, 0.29) is 0 Å². The summed E-state index contributed by atoms with van der Waals surface area (Å²) in [5.41, 5.74) is 10.6. The summed E-state index contributed by atoms with van der Waals surface area (Å²) >= 11 is 6.69. The number of halogens is 2. The van der Waals surface area contributed by atoms with Crippen molar-refractivity contribution in [3.05, 3.63) is 15.0 Å². The summed E-state index contributed by atoms with van der Waals surface area (Å²) in [6.45, 7) is 2.49. The Kier molecular flexibility index (Phi) is 4.30. The third kappa shape index (κ3) is 3.02. The van der Waals surface area contributed by atoms with E-state index < -0.39 is 11.9 Å². The molecule has 7 heteroatoms. The number of imidazole rings is 1. The summed E-state index contributed by atoms with van der Waals surface area (Å²) in [4.78, 5) is 15.0. The number of aromatic nitrogens is 2. The lowest BCUT2D eigenvalue weighted by Gasteiger charge is -2.10. The van der Waals surface area contributed by atoms with Gasteiger partial charge in [0.25, 0.3) is 0 Å². The first-order valence-electron chi connectivity index (χ1n) is 4.36. The molecule has 1 heterocycles. The lowest BCUT2D eigenvalue weighted by Crippen LogP contribution is -2.37. The lowest BCUT2D eigenvalue weighted by molar-refractivity contribution is -0.119. The Hall–Kier alpha value is -0.400. The number of amides is 1. The topological polar surface area (TPSA) is 86.9 Å². The number of nitrogens with two attached hydrogens (primary N) is 2. The van der Waals surface area contributed by atoms with Gasteiger partial charge in [0, 0.05) is 6.54 Å². The molecule has 84 valence electrons. The highest BCUT2D eigenvalue weighted by atomic mass is 79.9. The van der Waals surface area contributed by atoms with Gasteiger partial charge in [-0.2, -0.15) is 0 Å². The molecule has 0 aromatic carbocycles. The van der Waals surface area contributed by atoms with Gasteiger partial charge in [0.1, 0.15) is 15.0 Å². The molecule has 0 aliphatic rings. The van der Waals surface area contributed by atoms with Crippen LogP contribution >= 0.6 is 31.9 Å². The SMILES string of the molecule is Cc1nc(Br)c(Br)n1CCC(N)C(N)=O. The van der Waals surface area contributed by atoms with E-state index in [0.717, 1.165) is 15.0 Å². The Morgan fingerprint density at radius 3 is 2.60 bits per heavy atom. The van der Waals surface area contributed by atoms with Gasteiger partial charge in [-0.1, -0.05) is 0 Å². The van der Waals surface area contributed by atoms with Crippen molar-refractivity contribution in [3.63, 3.8) is 0 Å². The second-order valence-electron chi connectivity index (χ2n) is 3.19. The van der Waals surface area contributed by atoms with Gasteiger partial charge in [-0.15, -0.1) is 0 Å². The number of primary amides is 1. The zero-order chi connectivity index (χ0) is 11.6. The molecule has 0 radical (unpaired) electrons. The van der Waals surface area contributed by atoms with Gasteiger partial charge in [-0.05, 0) is 45.2 Å². The van der Waals surface area contributed by atoms with Crippen molar-refractivity contribution in [1.29, 1.82) is 0 Å². The summed E-state index contributed by atoms with van der Waals surface area (Å²) in [5.74, 6) is 0.369. The predicted octanol–water partition coefficient (Wildman–Crippen LogP) is 0.919. The fourth-order valence-electron chi connectivity index (χ4n) is 1.17. The van der Waals surface area contributed by atoms with Gasteiger partial charge >= 0.3 is 0 Å². The lowest BCUT2D eigenvalue weighted by atomic mass is 10.2. The van der Waals surface area contributed by atoms with Crippen LogP contribution in [0.3, 0.4) is 0 Å². The fourth-order valence-corrected chi connectivity index (χ4v) is 2.17. The van der Waals surface area contributed by atoms with Gasteiger partial charge in [0.15, 0.2) is 0 Å². The Labute approximate surface area is 104 Å². The average Bonchev–Trinajstić information content (AvgIpc) is 2.38. The van der Waals surface area contributed by atoms with Gasteiger partial charge in [0.05, 0.1) is 6.04 Å². The molecule has 0 spiro atoms. The van der Waals surface area contributed by atoms with Gasteiger partial charge in [-0.3, -0.25) is 4.79 Å². The van der Waals surface area contributed by atoms with E-state index in [2.05, 4.69) is 36.8 Å². The number of nitrogens with zero attached hydrogens (tertiary/aromatic N) is 2. The zero-order valence-electron chi connectivity index (χ0n) is 8.20. The van der Waals surface area contributed by atoms with Crippen LogP contribution in [-0.4, -0.2) is 21.5 Å². The highest BCUT2D eigenvalue weighted by Gasteiger charge is 2.13. The third-order valence-electron chi connectivity index (χ3n) is 2.09. The van der Waals surface area contributed by atoms with Crippen LogP contribution in [-0.2, 0) is 11.3 Å². The van der Waals surface area contributed by atoms with Crippen LogP contribution in [0.25, 0.3) is 0 Å². The van der Waals surface area contributed by atoms with Crippen LogP contribution in [0.5, 0.6) is 0 Å². The summed E-state index contributed by atoms with van der Waals surface area (Å²) in [6.07, 6.45) is 0.498. The Balaban J connectivity index is 2.69. The van der Waals surface area contributed by atoms with Crippen molar-refractivity contribution < 1.29 is 4.79 Å². The maximum absolute atomic E-state index is 10.7. The number of hydrogen-bond acceptors (Lipinski definition) is 3. The van der Waals surface area contributed by atoms with Crippen molar-refractivity contribution in [2.45, 2.75) is 25.9 Å². The van der Waals surface area contributed by atoms with Crippen LogP contribution in [0.4, 0.5) is 0 Å². The second-order valence-corrected chi connectivity index (χ2v) is 4.69. The Morgan fingerprint density at radius 1 is 1.60 bits per heavy atom. The largest absolute Gasteiger partial charge is 0.368 e. The molecule has 1 aromatic rings. The standard InChI is InChI=1S/C8H12Br2N4O/c1-4-13-6(9)7(10)14(4)3-2-5(11)8(12)15/h5H,2-3,11H2,1H3,(H2,12,15). The summed E-state index contributed by atoms with van der Waals surface area (Å²) < 4.78 is 3.51.